The Hall–Kier alpha value is -4.41. The monoisotopic (exact) mass is 475 g/mol. The zero-order chi connectivity index (χ0) is 25.3. The largest absolute Gasteiger partial charge is 0.512 e. The number of nitrogens with zero attached hydrogens (tertiary/aromatic N) is 1. The standard InChI is InChI=1S/C32H29NO3/c1-24(34)21-33(23-30(35)36)22-25-17-19-29(20-18-25)32(28-15-9-4-10-16-28)31(26-11-5-2-6-12-26)27-13-7-3-8-14-27/h2-20,34H,1,21-23H2,(H,35,36). The summed E-state index contributed by atoms with van der Waals surface area (Å²) >= 11 is 0. The normalized spacial score (nSPS) is 10.7. The highest BCUT2D eigenvalue weighted by atomic mass is 16.4. The summed E-state index contributed by atoms with van der Waals surface area (Å²) in [6.45, 7) is 3.82. The van der Waals surface area contributed by atoms with Crippen molar-refractivity contribution in [2.45, 2.75) is 6.54 Å². The van der Waals surface area contributed by atoms with Gasteiger partial charge in [-0.05, 0) is 39.0 Å². The molecular formula is C32H29NO3. The molecule has 0 aliphatic rings. The molecule has 0 aromatic heterocycles. The first kappa shape index (κ1) is 24.7. The Balaban J connectivity index is 1.82. The van der Waals surface area contributed by atoms with E-state index in [1.54, 1.807) is 4.90 Å². The summed E-state index contributed by atoms with van der Waals surface area (Å²) in [6.07, 6.45) is 0. The number of hydrogen-bond donors (Lipinski definition) is 2. The fourth-order valence-corrected chi connectivity index (χ4v) is 4.38. The number of benzene rings is 4. The zero-order valence-electron chi connectivity index (χ0n) is 20.0. The third-order valence-corrected chi connectivity index (χ3v) is 5.85. The minimum atomic E-state index is -0.947. The van der Waals surface area contributed by atoms with Gasteiger partial charge in [-0.3, -0.25) is 9.69 Å². The van der Waals surface area contributed by atoms with Crippen LogP contribution in [-0.4, -0.2) is 34.2 Å². The molecule has 0 fully saturated rings. The fourth-order valence-electron chi connectivity index (χ4n) is 4.38. The molecule has 4 heteroatoms. The summed E-state index contributed by atoms with van der Waals surface area (Å²) in [6, 6.07) is 39.3. The van der Waals surface area contributed by atoms with Crippen molar-refractivity contribution in [1.82, 2.24) is 4.90 Å². The van der Waals surface area contributed by atoms with Crippen LogP contribution in [0.2, 0.25) is 0 Å². The van der Waals surface area contributed by atoms with Crippen LogP contribution in [0.25, 0.3) is 11.1 Å². The lowest BCUT2D eigenvalue weighted by atomic mass is 9.85. The second-order valence-electron chi connectivity index (χ2n) is 8.65. The van der Waals surface area contributed by atoms with E-state index >= 15 is 0 Å². The molecule has 0 saturated heterocycles. The van der Waals surface area contributed by atoms with Gasteiger partial charge in [0.05, 0.1) is 18.8 Å². The van der Waals surface area contributed by atoms with E-state index in [4.69, 9.17) is 0 Å². The number of carbonyl (C=O) groups is 1. The van der Waals surface area contributed by atoms with Crippen molar-refractivity contribution < 1.29 is 15.0 Å². The van der Waals surface area contributed by atoms with Crippen LogP contribution < -0.4 is 0 Å². The van der Waals surface area contributed by atoms with E-state index in [0.717, 1.165) is 39.0 Å². The molecule has 0 radical (unpaired) electrons. The molecule has 4 aromatic carbocycles. The average Bonchev–Trinajstić information content (AvgIpc) is 2.88. The van der Waals surface area contributed by atoms with Crippen molar-refractivity contribution >= 4 is 17.1 Å². The van der Waals surface area contributed by atoms with E-state index in [-0.39, 0.29) is 18.8 Å². The maximum absolute atomic E-state index is 11.3. The SMILES string of the molecule is C=C(O)CN(CC(=O)O)Cc1ccc(C(=C(c2ccccc2)c2ccccc2)c2ccccc2)cc1. The zero-order valence-corrected chi connectivity index (χ0v) is 20.0. The molecule has 2 N–H and O–H groups in total. The Morgan fingerprint density at radius 3 is 1.33 bits per heavy atom. The molecule has 4 nitrogen and oxygen atoms in total. The van der Waals surface area contributed by atoms with E-state index in [9.17, 15) is 15.0 Å². The maximum Gasteiger partial charge on any atom is 0.317 e. The molecule has 0 amide bonds. The Morgan fingerprint density at radius 2 is 0.972 bits per heavy atom. The summed E-state index contributed by atoms with van der Waals surface area (Å²) in [5, 5.41) is 18.8. The minimum Gasteiger partial charge on any atom is -0.512 e. The van der Waals surface area contributed by atoms with E-state index in [0.29, 0.717) is 6.54 Å². The molecule has 0 aliphatic heterocycles. The molecule has 0 bridgehead atoms. The molecule has 0 unspecified atom stereocenters. The molecule has 0 spiro atoms. The van der Waals surface area contributed by atoms with Crippen molar-refractivity contribution in [3.8, 4) is 0 Å². The van der Waals surface area contributed by atoms with Gasteiger partial charge in [0, 0.05) is 6.54 Å². The van der Waals surface area contributed by atoms with E-state index in [2.05, 4.69) is 79.4 Å². The smallest absolute Gasteiger partial charge is 0.317 e. The lowest BCUT2D eigenvalue weighted by molar-refractivity contribution is -0.138. The average molecular weight is 476 g/mol. The Bertz CT molecular complexity index is 1270. The summed E-state index contributed by atoms with van der Waals surface area (Å²) in [5.74, 6) is -1.00. The number of aliphatic carboxylic acids is 1. The van der Waals surface area contributed by atoms with Gasteiger partial charge in [0.15, 0.2) is 0 Å². The van der Waals surface area contributed by atoms with Crippen molar-refractivity contribution in [3.05, 3.63) is 155 Å². The molecule has 36 heavy (non-hydrogen) atoms. The Labute approximate surface area is 212 Å². The Kier molecular flexibility index (Phi) is 8.12. The molecule has 4 rings (SSSR count). The summed E-state index contributed by atoms with van der Waals surface area (Å²) in [7, 11) is 0. The predicted molar refractivity (Wildman–Crippen MR) is 145 cm³/mol. The van der Waals surface area contributed by atoms with Crippen LogP contribution >= 0.6 is 0 Å². The Morgan fingerprint density at radius 1 is 0.583 bits per heavy atom. The summed E-state index contributed by atoms with van der Waals surface area (Å²) in [4.78, 5) is 12.9. The molecule has 0 saturated carbocycles. The van der Waals surface area contributed by atoms with Crippen molar-refractivity contribution in [2.75, 3.05) is 13.1 Å². The second-order valence-corrected chi connectivity index (χ2v) is 8.65. The quantitative estimate of drug-likeness (QED) is 0.199. The first-order chi connectivity index (χ1) is 17.5. The van der Waals surface area contributed by atoms with Crippen LogP contribution in [0.15, 0.2) is 128 Å². The number of hydrogen-bond acceptors (Lipinski definition) is 3. The molecule has 0 aliphatic carbocycles. The molecule has 0 heterocycles. The highest BCUT2D eigenvalue weighted by Gasteiger charge is 2.17. The van der Waals surface area contributed by atoms with Crippen LogP contribution in [0.3, 0.4) is 0 Å². The third-order valence-electron chi connectivity index (χ3n) is 5.85. The summed E-state index contributed by atoms with van der Waals surface area (Å²) < 4.78 is 0. The number of carboxylic acid groups (broad SMARTS) is 1. The number of aliphatic hydroxyl groups excluding tert-OH is 1. The first-order valence-electron chi connectivity index (χ1n) is 11.8. The van der Waals surface area contributed by atoms with Crippen molar-refractivity contribution in [1.29, 1.82) is 0 Å². The lowest BCUT2D eigenvalue weighted by Gasteiger charge is -2.21. The van der Waals surface area contributed by atoms with Crippen LogP contribution in [0, 0.1) is 0 Å². The highest BCUT2D eigenvalue weighted by molar-refractivity contribution is 6.04. The van der Waals surface area contributed by atoms with E-state index in [1.807, 2.05) is 42.5 Å². The van der Waals surface area contributed by atoms with Gasteiger partial charge in [-0.15, -0.1) is 0 Å². The molecular weight excluding hydrogens is 446 g/mol. The van der Waals surface area contributed by atoms with Gasteiger partial charge < -0.3 is 10.2 Å². The van der Waals surface area contributed by atoms with Gasteiger partial charge in [-0.2, -0.15) is 0 Å². The molecule has 4 aromatic rings. The van der Waals surface area contributed by atoms with Crippen LogP contribution in [0.5, 0.6) is 0 Å². The van der Waals surface area contributed by atoms with E-state index in [1.165, 1.54) is 0 Å². The van der Waals surface area contributed by atoms with E-state index < -0.39 is 5.97 Å². The number of aliphatic hydroxyl groups is 1. The highest BCUT2D eigenvalue weighted by Crippen LogP contribution is 2.36. The number of rotatable bonds is 10. The summed E-state index contributed by atoms with van der Waals surface area (Å²) in [5.41, 5.74) is 7.63. The van der Waals surface area contributed by atoms with Gasteiger partial charge in [-0.25, -0.2) is 0 Å². The van der Waals surface area contributed by atoms with Gasteiger partial charge in [-0.1, -0.05) is 122 Å². The number of carboxylic acids is 1. The fraction of sp³-hybridized carbons (Fsp3) is 0.0938. The first-order valence-corrected chi connectivity index (χ1v) is 11.8. The van der Waals surface area contributed by atoms with Gasteiger partial charge >= 0.3 is 5.97 Å². The van der Waals surface area contributed by atoms with Crippen LogP contribution in [0.1, 0.15) is 27.8 Å². The molecule has 0 atom stereocenters. The van der Waals surface area contributed by atoms with Crippen LogP contribution in [-0.2, 0) is 11.3 Å². The third kappa shape index (κ3) is 6.38. The molecule has 180 valence electrons. The van der Waals surface area contributed by atoms with Gasteiger partial charge in [0.2, 0.25) is 0 Å². The van der Waals surface area contributed by atoms with Crippen molar-refractivity contribution in [3.63, 3.8) is 0 Å². The van der Waals surface area contributed by atoms with Gasteiger partial charge in [0.25, 0.3) is 0 Å². The van der Waals surface area contributed by atoms with Crippen LogP contribution in [0.4, 0.5) is 0 Å². The maximum atomic E-state index is 11.3. The van der Waals surface area contributed by atoms with Gasteiger partial charge in [0.1, 0.15) is 0 Å². The lowest BCUT2D eigenvalue weighted by Crippen LogP contribution is -2.31. The van der Waals surface area contributed by atoms with Crippen molar-refractivity contribution in [2.24, 2.45) is 0 Å². The predicted octanol–water partition coefficient (Wildman–Crippen LogP) is 6.65. The topological polar surface area (TPSA) is 60.8 Å². The minimum absolute atomic E-state index is 0.0578. The second kappa shape index (κ2) is 11.8.